The van der Waals surface area contributed by atoms with Crippen LogP contribution in [-0.4, -0.2) is 23.0 Å². The fraction of sp³-hybridized carbons (Fsp3) is 0.333. The molecule has 0 aliphatic heterocycles. The number of halogens is 2. The summed E-state index contributed by atoms with van der Waals surface area (Å²) in [5.74, 6) is -3.61. The molecule has 1 aromatic carbocycles. The number of aryl methyl sites for hydroxylation is 1. The van der Waals surface area contributed by atoms with E-state index in [0.29, 0.717) is 6.42 Å². The van der Waals surface area contributed by atoms with Gasteiger partial charge in [-0.25, -0.2) is 13.6 Å². The number of nitrogens with one attached hydrogen (secondary N) is 1. The van der Waals surface area contributed by atoms with E-state index < -0.39 is 29.6 Å². The monoisotopic (exact) mass is 297 g/mol. The summed E-state index contributed by atoms with van der Waals surface area (Å²) in [5, 5.41) is 11.3. The van der Waals surface area contributed by atoms with E-state index in [1.54, 1.807) is 6.08 Å². The minimum absolute atomic E-state index is 0.00320. The molecule has 0 fully saturated rings. The highest BCUT2D eigenvalue weighted by Crippen LogP contribution is 2.13. The summed E-state index contributed by atoms with van der Waals surface area (Å²) >= 11 is 0. The number of carboxylic acids is 1. The maximum absolute atomic E-state index is 13.4. The van der Waals surface area contributed by atoms with Crippen molar-refractivity contribution in [2.45, 2.75) is 31.7 Å². The van der Waals surface area contributed by atoms with Crippen LogP contribution in [0.15, 0.2) is 30.9 Å². The molecule has 114 valence electrons. The maximum Gasteiger partial charge on any atom is 0.326 e. The van der Waals surface area contributed by atoms with Crippen LogP contribution in [0.1, 0.15) is 24.8 Å². The molecule has 0 heterocycles. The molecule has 1 atom stereocenters. The Bertz CT molecular complexity index is 532. The minimum Gasteiger partial charge on any atom is -0.480 e. The smallest absolute Gasteiger partial charge is 0.326 e. The quantitative estimate of drug-likeness (QED) is 0.724. The van der Waals surface area contributed by atoms with E-state index in [1.807, 2.05) is 0 Å². The van der Waals surface area contributed by atoms with Gasteiger partial charge in [-0.05, 0) is 30.9 Å². The zero-order valence-electron chi connectivity index (χ0n) is 11.4. The summed E-state index contributed by atoms with van der Waals surface area (Å²) in [6.07, 6.45) is 2.14. The van der Waals surface area contributed by atoms with Crippen LogP contribution in [0.2, 0.25) is 0 Å². The lowest BCUT2D eigenvalue weighted by atomic mass is 10.1. The van der Waals surface area contributed by atoms with E-state index in [0.717, 1.165) is 6.07 Å². The van der Waals surface area contributed by atoms with Gasteiger partial charge < -0.3 is 10.4 Å². The highest BCUT2D eigenvalue weighted by Gasteiger charge is 2.19. The Hall–Kier alpha value is -2.24. The third-order valence-corrected chi connectivity index (χ3v) is 2.95. The molecule has 1 unspecified atom stereocenters. The van der Waals surface area contributed by atoms with Crippen molar-refractivity contribution in [3.05, 3.63) is 48.1 Å². The van der Waals surface area contributed by atoms with Gasteiger partial charge >= 0.3 is 5.97 Å². The van der Waals surface area contributed by atoms with Crippen LogP contribution in [0, 0.1) is 11.6 Å². The van der Waals surface area contributed by atoms with Crippen molar-refractivity contribution < 1.29 is 23.5 Å². The summed E-state index contributed by atoms with van der Waals surface area (Å²) < 4.78 is 26.4. The van der Waals surface area contributed by atoms with Crippen molar-refractivity contribution in [3.63, 3.8) is 0 Å². The molecule has 2 N–H and O–H groups in total. The third kappa shape index (κ3) is 5.33. The second kappa shape index (κ2) is 8.14. The molecule has 0 aliphatic rings. The number of hydrogen-bond acceptors (Lipinski definition) is 2. The Labute approximate surface area is 121 Å². The first-order valence-electron chi connectivity index (χ1n) is 6.51. The maximum atomic E-state index is 13.4. The standard InChI is InChI=1S/C15H17F2NO3/c1-2-3-7-12(15(20)21)18-13(19)9-8-10-5-4-6-11(16)14(10)17/h2,4-6,12H,1,3,7-9H2,(H,18,19)(H,20,21). The summed E-state index contributed by atoms with van der Waals surface area (Å²) in [7, 11) is 0. The number of amides is 1. The number of carbonyl (C=O) groups excluding carboxylic acids is 1. The SMILES string of the molecule is C=CCCC(NC(=O)CCc1cccc(F)c1F)C(=O)O. The predicted octanol–water partition coefficient (Wildman–Crippen LogP) is 2.43. The molecular formula is C15H17F2NO3. The van der Waals surface area contributed by atoms with E-state index in [2.05, 4.69) is 11.9 Å². The molecular weight excluding hydrogens is 280 g/mol. The Morgan fingerprint density at radius 2 is 2.10 bits per heavy atom. The molecule has 0 bridgehead atoms. The number of aliphatic carboxylic acids is 1. The lowest BCUT2D eigenvalue weighted by Crippen LogP contribution is -2.40. The number of allylic oxidation sites excluding steroid dienone is 1. The van der Waals surface area contributed by atoms with Crippen LogP contribution in [0.5, 0.6) is 0 Å². The van der Waals surface area contributed by atoms with Crippen LogP contribution in [0.3, 0.4) is 0 Å². The Balaban J connectivity index is 2.54. The first-order chi connectivity index (χ1) is 9.95. The first-order valence-corrected chi connectivity index (χ1v) is 6.51. The van der Waals surface area contributed by atoms with Crippen molar-refractivity contribution in [1.29, 1.82) is 0 Å². The summed E-state index contributed by atoms with van der Waals surface area (Å²) in [6.45, 7) is 3.48. The van der Waals surface area contributed by atoms with Crippen LogP contribution < -0.4 is 5.32 Å². The van der Waals surface area contributed by atoms with Gasteiger partial charge in [-0.15, -0.1) is 6.58 Å². The van der Waals surface area contributed by atoms with Gasteiger partial charge in [0.2, 0.25) is 5.91 Å². The zero-order chi connectivity index (χ0) is 15.8. The average molecular weight is 297 g/mol. The molecule has 21 heavy (non-hydrogen) atoms. The molecule has 1 amide bonds. The fourth-order valence-corrected chi connectivity index (χ4v) is 1.80. The minimum atomic E-state index is -1.14. The number of benzene rings is 1. The molecule has 0 saturated heterocycles. The number of rotatable bonds is 8. The van der Waals surface area contributed by atoms with Gasteiger partial charge in [0.1, 0.15) is 6.04 Å². The van der Waals surface area contributed by atoms with Gasteiger partial charge in [0.05, 0.1) is 0 Å². The lowest BCUT2D eigenvalue weighted by Gasteiger charge is -2.13. The second-order valence-corrected chi connectivity index (χ2v) is 4.54. The van der Waals surface area contributed by atoms with E-state index in [9.17, 15) is 18.4 Å². The molecule has 1 rings (SSSR count). The lowest BCUT2D eigenvalue weighted by molar-refractivity contribution is -0.142. The highest BCUT2D eigenvalue weighted by molar-refractivity contribution is 5.83. The van der Waals surface area contributed by atoms with Gasteiger partial charge in [-0.1, -0.05) is 18.2 Å². The van der Waals surface area contributed by atoms with Crippen LogP contribution in [0.4, 0.5) is 8.78 Å². The summed E-state index contributed by atoms with van der Waals surface area (Å²) in [4.78, 5) is 22.6. The van der Waals surface area contributed by atoms with Gasteiger partial charge in [-0.2, -0.15) is 0 Å². The van der Waals surface area contributed by atoms with Gasteiger partial charge in [0, 0.05) is 6.42 Å². The Morgan fingerprint density at radius 1 is 1.38 bits per heavy atom. The van der Waals surface area contributed by atoms with E-state index >= 15 is 0 Å². The summed E-state index contributed by atoms with van der Waals surface area (Å²) in [5.41, 5.74) is 0.0862. The van der Waals surface area contributed by atoms with Crippen molar-refractivity contribution >= 4 is 11.9 Å². The highest BCUT2D eigenvalue weighted by atomic mass is 19.2. The molecule has 0 spiro atoms. The van der Waals surface area contributed by atoms with Crippen LogP contribution >= 0.6 is 0 Å². The number of hydrogen-bond donors (Lipinski definition) is 2. The van der Waals surface area contributed by atoms with Crippen LogP contribution in [-0.2, 0) is 16.0 Å². The fourth-order valence-electron chi connectivity index (χ4n) is 1.80. The van der Waals surface area contributed by atoms with Crippen molar-refractivity contribution in [1.82, 2.24) is 5.32 Å². The van der Waals surface area contributed by atoms with Crippen molar-refractivity contribution in [2.24, 2.45) is 0 Å². The van der Waals surface area contributed by atoms with Crippen molar-refractivity contribution in [3.8, 4) is 0 Å². The Kier molecular flexibility index (Phi) is 6.52. The molecule has 4 nitrogen and oxygen atoms in total. The van der Waals surface area contributed by atoms with E-state index in [4.69, 9.17) is 5.11 Å². The van der Waals surface area contributed by atoms with Gasteiger partial charge in [-0.3, -0.25) is 4.79 Å². The third-order valence-electron chi connectivity index (χ3n) is 2.95. The molecule has 0 aromatic heterocycles. The largest absolute Gasteiger partial charge is 0.480 e. The molecule has 1 aromatic rings. The number of carboxylic acid groups (broad SMARTS) is 1. The average Bonchev–Trinajstić information content (AvgIpc) is 2.44. The van der Waals surface area contributed by atoms with E-state index in [1.165, 1.54) is 12.1 Å². The zero-order valence-corrected chi connectivity index (χ0v) is 11.4. The van der Waals surface area contributed by atoms with Crippen LogP contribution in [0.25, 0.3) is 0 Å². The number of carbonyl (C=O) groups is 2. The molecule has 0 radical (unpaired) electrons. The molecule has 6 heteroatoms. The topological polar surface area (TPSA) is 66.4 Å². The normalized spacial score (nSPS) is 11.7. The second-order valence-electron chi connectivity index (χ2n) is 4.54. The molecule has 0 aliphatic carbocycles. The Morgan fingerprint density at radius 3 is 2.71 bits per heavy atom. The van der Waals surface area contributed by atoms with Crippen molar-refractivity contribution in [2.75, 3.05) is 0 Å². The summed E-state index contributed by atoms with van der Waals surface area (Å²) in [6, 6.07) is 2.73. The predicted molar refractivity (Wildman–Crippen MR) is 73.7 cm³/mol. The molecule has 0 saturated carbocycles. The van der Waals surface area contributed by atoms with Gasteiger partial charge in [0.25, 0.3) is 0 Å². The first kappa shape index (κ1) is 16.8. The van der Waals surface area contributed by atoms with E-state index in [-0.39, 0.29) is 24.8 Å². The van der Waals surface area contributed by atoms with Gasteiger partial charge in [0.15, 0.2) is 11.6 Å².